The molecule has 0 saturated heterocycles. The van der Waals surface area contributed by atoms with Crippen molar-refractivity contribution in [2.75, 3.05) is 18.9 Å². The second-order valence-corrected chi connectivity index (χ2v) is 7.27. The Bertz CT molecular complexity index is 814. The molecule has 0 radical (unpaired) electrons. The Balaban J connectivity index is 1.50. The van der Waals surface area contributed by atoms with Crippen LogP contribution in [0.4, 0.5) is 5.69 Å². The molecule has 1 aliphatic rings. The van der Waals surface area contributed by atoms with Crippen LogP contribution in [0.5, 0.6) is 0 Å². The molecule has 3 rings (SSSR count). The van der Waals surface area contributed by atoms with E-state index in [4.69, 9.17) is 23.2 Å². The topological polar surface area (TPSA) is 62.3 Å². The Hall–Kier alpha value is -2.11. The molecule has 1 saturated carbocycles. The Morgan fingerprint density at radius 2 is 1.92 bits per heavy atom. The largest absolute Gasteiger partial charge is 0.345 e. The average molecular weight is 392 g/mol. The molecule has 1 heterocycles. The standard InChI is InChI=1S/C19H19Cl2N3O2/c1-24(9-6-12-4-7-22-8-5-12)19(26)15-11-14(15)18(25)23-17-3-2-13(20)10-16(17)21/h2-5,7-8,10,14-15H,6,9,11H2,1H3,(H,23,25). The molecule has 1 aromatic carbocycles. The van der Waals surface area contributed by atoms with E-state index in [1.807, 2.05) is 12.1 Å². The number of likely N-dealkylation sites (N-methyl/N-ethyl adjacent to an activating group) is 1. The molecule has 5 nitrogen and oxygen atoms in total. The summed E-state index contributed by atoms with van der Waals surface area (Å²) in [6, 6.07) is 8.75. The van der Waals surface area contributed by atoms with E-state index in [0.717, 1.165) is 12.0 Å². The summed E-state index contributed by atoms with van der Waals surface area (Å²) in [5, 5.41) is 3.66. The maximum absolute atomic E-state index is 12.5. The number of amides is 2. The molecule has 1 aromatic heterocycles. The lowest BCUT2D eigenvalue weighted by molar-refractivity contribution is -0.132. The van der Waals surface area contributed by atoms with Crippen LogP contribution in [0.25, 0.3) is 0 Å². The number of hydrogen-bond acceptors (Lipinski definition) is 3. The summed E-state index contributed by atoms with van der Waals surface area (Å²) in [7, 11) is 1.77. The number of pyridine rings is 1. The van der Waals surface area contributed by atoms with E-state index in [1.165, 1.54) is 0 Å². The van der Waals surface area contributed by atoms with Crippen molar-refractivity contribution >= 4 is 40.7 Å². The second-order valence-electron chi connectivity index (χ2n) is 6.43. The van der Waals surface area contributed by atoms with Gasteiger partial charge >= 0.3 is 0 Å². The highest BCUT2D eigenvalue weighted by molar-refractivity contribution is 6.36. The first-order valence-electron chi connectivity index (χ1n) is 8.35. The molecule has 2 unspecified atom stereocenters. The third-order valence-corrected chi connectivity index (χ3v) is 5.04. The number of halogens is 2. The van der Waals surface area contributed by atoms with E-state index in [-0.39, 0.29) is 23.7 Å². The Morgan fingerprint density at radius 3 is 2.62 bits per heavy atom. The van der Waals surface area contributed by atoms with E-state index in [9.17, 15) is 9.59 Å². The molecule has 0 bridgehead atoms. The van der Waals surface area contributed by atoms with Gasteiger partial charge in [0.05, 0.1) is 22.5 Å². The summed E-state index contributed by atoms with van der Waals surface area (Å²) >= 11 is 11.9. The highest BCUT2D eigenvalue weighted by Crippen LogP contribution is 2.41. The van der Waals surface area contributed by atoms with Gasteiger partial charge in [-0.3, -0.25) is 14.6 Å². The maximum Gasteiger partial charge on any atom is 0.228 e. The highest BCUT2D eigenvalue weighted by atomic mass is 35.5. The monoisotopic (exact) mass is 391 g/mol. The van der Waals surface area contributed by atoms with Crippen molar-refractivity contribution in [2.24, 2.45) is 11.8 Å². The van der Waals surface area contributed by atoms with Crippen molar-refractivity contribution in [2.45, 2.75) is 12.8 Å². The minimum absolute atomic E-state index is 0.00130. The first kappa shape index (κ1) is 18.7. The summed E-state index contributed by atoms with van der Waals surface area (Å²) in [6.07, 6.45) is 4.80. The summed E-state index contributed by atoms with van der Waals surface area (Å²) in [5.41, 5.74) is 1.63. The van der Waals surface area contributed by atoms with Gasteiger partial charge in [-0.15, -0.1) is 0 Å². The molecule has 136 valence electrons. The van der Waals surface area contributed by atoms with Crippen LogP contribution in [0.3, 0.4) is 0 Å². The number of carbonyl (C=O) groups excluding carboxylic acids is 2. The molecule has 1 N–H and O–H groups in total. The summed E-state index contributed by atoms with van der Waals surface area (Å²) in [4.78, 5) is 30.5. The van der Waals surface area contributed by atoms with Crippen LogP contribution >= 0.6 is 23.2 Å². The molecular formula is C19H19Cl2N3O2. The Morgan fingerprint density at radius 1 is 1.19 bits per heavy atom. The van der Waals surface area contributed by atoms with Crippen LogP contribution < -0.4 is 5.32 Å². The minimum atomic E-state index is -0.308. The molecule has 2 aromatic rings. The molecule has 1 fully saturated rings. The molecule has 2 atom stereocenters. The van der Waals surface area contributed by atoms with Crippen molar-refractivity contribution in [3.05, 3.63) is 58.3 Å². The van der Waals surface area contributed by atoms with Crippen LogP contribution in [0, 0.1) is 11.8 Å². The fourth-order valence-electron chi connectivity index (χ4n) is 2.81. The number of benzene rings is 1. The van der Waals surface area contributed by atoms with Gasteiger partial charge in [0.2, 0.25) is 11.8 Å². The maximum atomic E-state index is 12.5. The summed E-state index contributed by atoms with van der Waals surface area (Å²) < 4.78 is 0. The van der Waals surface area contributed by atoms with Crippen molar-refractivity contribution in [1.82, 2.24) is 9.88 Å². The number of hydrogen-bond donors (Lipinski definition) is 1. The van der Waals surface area contributed by atoms with Crippen molar-refractivity contribution in [3.63, 3.8) is 0 Å². The third-order valence-electron chi connectivity index (χ3n) is 4.49. The van der Waals surface area contributed by atoms with Crippen LogP contribution in [-0.2, 0) is 16.0 Å². The van der Waals surface area contributed by atoms with Crippen LogP contribution in [0.2, 0.25) is 10.0 Å². The smallest absolute Gasteiger partial charge is 0.228 e. The number of rotatable bonds is 6. The van der Waals surface area contributed by atoms with Crippen LogP contribution in [0.1, 0.15) is 12.0 Å². The van der Waals surface area contributed by atoms with E-state index in [2.05, 4.69) is 10.3 Å². The molecule has 0 aliphatic heterocycles. The quantitative estimate of drug-likeness (QED) is 0.816. The van der Waals surface area contributed by atoms with Gasteiger partial charge in [0.25, 0.3) is 0 Å². The number of nitrogens with one attached hydrogen (secondary N) is 1. The third kappa shape index (κ3) is 4.54. The van der Waals surface area contributed by atoms with Gasteiger partial charge in [-0.2, -0.15) is 0 Å². The first-order valence-corrected chi connectivity index (χ1v) is 9.11. The summed E-state index contributed by atoms with van der Waals surface area (Å²) in [6.45, 7) is 0.608. The molecule has 1 aliphatic carbocycles. The number of aromatic nitrogens is 1. The van der Waals surface area contributed by atoms with Gasteiger partial charge in [-0.1, -0.05) is 23.2 Å². The normalized spacial score (nSPS) is 18.3. The zero-order chi connectivity index (χ0) is 18.7. The number of nitrogens with zero attached hydrogens (tertiary/aromatic N) is 2. The van der Waals surface area contributed by atoms with Crippen molar-refractivity contribution in [1.29, 1.82) is 0 Å². The van der Waals surface area contributed by atoms with Crippen molar-refractivity contribution < 1.29 is 9.59 Å². The second kappa shape index (κ2) is 8.06. The van der Waals surface area contributed by atoms with Gasteiger partial charge in [0, 0.05) is 31.0 Å². The van der Waals surface area contributed by atoms with E-state index >= 15 is 0 Å². The molecule has 26 heavy (non-hydrogen) atoms. The minimum Gasteiger partial charge on any atom is -0.345 e. The van der Waals surface area contributed by atoms with Gasteiger partial charge in [-0.25, -0.2) is 0 Å². The molecule has 7 heteroatoms. The fraction of sp³-hybridized carbons (Fsp3) is 0.316. The summed E-state index contributed by atoms with van der Waals surface area (Å²) in [5.74, 6) is -0.752. The van der Waals surface area contributed by atoms with Gasteiger partial charge in [0.15, 0.2) is 0 Å². The van der Waals surface area contributed by atoms with Crippen LogP contribution in [-0.4, -0.2) is 35.3 Å². The van der Waals surface area contributed by atoms with Gasteiger partial charge in [-0.05, 0) is 48.7 Å². The lowest BCUT2D eigenvalue weighted by Gasteiger charge is -2.17. The molecule has 2 amide bonds. The predicted octanol–water partition coefficient (Wildman–Crippen LogP) is 3.66. The van der Waals surface area contributed by atoms with Crippen molar-refractivity contribution in [3.8, 4) is 0 Å². The zero-order valence-corrected chi connectivity index (χ0v) is 15.8. The lowest BCUT2D eigenvalue weighted by Crippen LogP contribution is -2.31. The molecular weight excluding hydrogens is 373 g/mol. The first-order chi connectivity index (χ1) is 12.5. The lowest BCUT2D eigenvalue weighted by atomic mass is 10.2. The fourth-order valence-corrected chi connectivity index (χ4v) is 3.27. The Kier molecular flexibility index (Phi) is 5.79. The molecule has 0 spiro atoms. The predicted molar refractivity (Wildman–Crippen MR) is 102 cm³/mol. The van der Waals surface area contributed by atoms with E-state index in [0.29, 0.717) is 28.7 Å². The number of carbonyl (C=O) groups is 2. The van der Waals surface area contributed by atoms with E-state index < -0.39 is 0 Å². The Labute approximate surface area is 162 Å². The van der Waals surface area contributed by atoms with Crippen LogP contribution in [0.15, 0.2) is 42.7 Å². The zero-order valence-electron chi connectivity index (χ0n) is 14.3. The average Bonchev–Trinajstić information content (AvgIpc) is 3.43. The van der Waals surface area contributed by atoms with Gasteiger partial charge < -0.3 is 10.2 Å². The number of anilines is 1. The highest BCUT2D eigenvalue weighted by Gasteiger charge is 2.49. The SMILES string of the molecule is CN(CCc1ccncc1)C(=O)C1CC1C(=O)Nc1ccc(Cl)cc1Cl. The van der Waals surface area contributed by atoms with E-state index in [1.54, 1.807) is 42.5 Å². The van der Waals surface area contributed by atoms with Gasteiger partial charge in [0.1, 0.15) is 0 Å².